The maximum atomic E-state index is 11.8. The van der Waals surface area contributed by atoms with Crippen LogP contribution in [0.2, 0.25) is 0 Å². The third kappa shape index (κ3) is 5.70. The number of carbonyl (C=O) groups excluding carboxylic acids is 1. The van der Waals surface area contributed by atoms with Gasteiger partial charge in [-0.15, -0.1) is 0 Å². The van der Waals surface area contributed by atoms with E-state index in [9.17, 15) is 4.79 Å². The van der Waals surface area contributed by atoms with Crippen LogP contribution in [0, 0.1) is 0 Å². The molecule has 0 aliphatic carbocycles. The molecule has 0 atom stereocenters. The van der Waals surface area contributed by atoms with E-state index < -0.39 is 0 Å². The van der Waals surface area contributed by atoms with Crippen molar-refractivity contribution in [3.63, 3.8) is 0 Å². The molecule has 0 spiro atoms. The van der Waals surface area contributed by atoms with Gasteiger partial charge in [0.05, 0.1) is 6.61 Å². The van der Waals surface area contributed by atoms with Crippen molar-refractivity contribution in [2.75, 3.05) is 11.9 Å². The molecular formula is C19H23NO2. The fraction of sp³-hybridized carbons (Fsp3) is 0.316. The molecule has 116 valence electrons. The van der Waals surface area contributed by atoms with Crippen molar-refractivity contribution in [1.29, 1.82) is 0 Å². The van der Waals surface area contributed by atoms with Crippen molar-refractivity contribution in [2.45, 2.75) is 32.8 Å². The lowest BCUT2D eigenvalue weighted by Gasteiger charge is -2.07. The minimum atomic E-state index is -0.128. The number of aryl methyl sites for hydroxylation is 1. The summed E-state index contributed by atoms with van der Waals surface area (Å²) in [4.78, 5) is 11.8. The van der Waals surface area contributed by atoms with Crippen LogP contribution in [-0.4, -0.2) is 12.5 Å². The third-order valence-corrected chi connectivity index (χ3v) is 3.40. The van der Waals surface area contributed by atoms with E-state index in [-0.39, 0.29) is 12.5 Å². The Hall–Kier alpha value is -2.13. The molecule has 22 heavy (non-hydrogen) atoms. The number of unbranched alkanes of at least 4 members (excludes halogenated alkanes) is 1. The van der Waals surface area contributed by atoms with E-state index in [0.717, 1.165) is 17.7 Å². The first kappa shape index (κ1) is 16.2. The van der Waals surface area contributed by atoms with Gasteiger partial charge < -0.3 is 10.1 Å². The second-order valence-corrected chi connectivity index (χ2v) is 5.33. The Morgan fingerprint density at radius 3 is 2.41 bits per heavy atom. The van der Waals surface area contributed by atoms with Crippen LogP contribution in [-0.2, 0) is 22.6 Å². The summed E-state index contributed by atoms with van der Waals surface area (Å²) in [5, 5.41) is 2.85. The van der Waals surface area contributed by atoms with E-state index in [2.05, 4.69) is 24.4 Å². The van der Waals surface area contributed by atoms with Crippen molar-refractivity contribution in [3.05, 3.63) is 65.7 Å². The Bertz CT molecular complexity index is 564. The van der Waals surface area contributed by atoms with Gasteiger partial charge in [-0.05, 0) is 36.1 Å². The summed E-state index contributed by atoms with van der Waals surface area (Å²) in [6, 6.07) is 17.9. The van der Waals surface area contributed by atoms with Crippen LogP contribution >= 0.6 is 0 Å². The van der Waals surface area contributed by atoms with E-state index in [1.807, 2.05) is 42.5 Å². The molecular weight excluding hydrogens is 274 g/mol. The molecule has 2 aromatic carbocycles. The van der Waals surface area contributed by atoms with Gasteiger partial charge >= 0.3 is 0 Å². The first-order chi connectivity index (χ1) is 10.8. The SMILES string of the molecule is CCCCc1ccc(NC(=O)COCc2ccccc2)cc1. The zero-order valence-corrected chi connectivity index (χ0v) is 13.0. The summed E-state index contributed by atoms with van der Waals surface area (Å²) in [6.45, 7) is 2.70. The highest BCUT2D eigenvalue weighted by Gasteiger charge is 2.03. The molecule has 0 aliphatic rings. The van der Waals surface area contributed by atoms with Crippen molar-refractivity contribution in [1.82, 2.24) is 0 Å². The average molecular weight is 297 g/mol. The largest absolute Gasteiger partial charge is 0.367 e. The molecule has 2 aromatic rings. The molecule has 0 unspecified atom stereocenters. The highest BCUT2D eigenvalue weighted by molar-refractivity contribution is 5.91. The summed E-state index contributed by atoms with van der Waals surface area (Å²) >= 11 is 0. The second-order valence-electron chi connectivity index (χ2n) is 5.33. The summed E-state index contributed by atoms with van der Waals surface area (Å²) in [5.74, 6) is -0.128. The second kappa shape index (κ2) is 9.00. The summed E-state index contributed by atoms with van der Waals surface area (Å²) in [6.07, 6.45) is 3.47. The molecule has 1 amide bonds. The van der Waals surface area contributed by atoms with Gasteiger partial charge in [0.25, 0.3) is 0 Å². The van der Waals surface area contributed by atoms with Crippen LogP contribution < -0.4 is 5.32 Å². The fourth-order valence-electron chi connectivity index (χ4n) is 2.17. The molecule has 0 heterocycles. The Balaban J connectivity index is 1.72. The predicted octanol–water partition coefficient (Wildman–Crippen LogP) is 4.18. The van der Waals surface area contributed by atoms with Gasteiger partial charge in [0.2, 0.25) is 5.91 Å². The maximum Gasteiger partial charge on any atom is 0.250 e. The molecule has 0 saturated carbocycles. The minimum Gasteiger partial charge on any atom is -0.367 e. The Morgan fingerprint density at radius 1 is 1.00 bits per heavy atom. The van der Waals surface area contributed by atoms with E-state index in [1.165, 1.54) is 18.4 Å². The van der Waals surface area contributed by atoms with Crippen LogP contribution in [0.1, 0.15) is 30.9 Å². The van der Waals surface area contributed by atoms with E-state index >= 15 is 0 Å². The molecule has 3 nitrogen and oxygen atoms in total. The molecule has 3 heteroatoms. The van der Waals surface area contributed by atoms with Gasteiger partial charge in [0.15, 0.2) is 0 Å². The van der Waals surface area contributed by atoms with Crippen molar-refractivity contribution in [2.24, 2.45) is 0 Å². The molecule has 2 rings (SSSR count). The van der Waals surface area contributed by atoms with Crippen LogP contribution in [0.4, 0.5) is 5.69 Å². The van der Waals surface area contributed by atoms with Crippen molar-refractivity contribution >= 4 is 11.6 Å². The maximum absolute atomic E-state index is 11.8. The lowest BCUT2D eigenvalue weighted by atomic mass is 10.1. The minimum absolute atomic E-state index is 0.0620. The van der Waals surface area contributed by atoms with Gasteiger partial charge in [0, 0.05) is 5.69 Å². The average Bonchev–Trinajstić information content (AvgIpc) is 2.55. The van der Waals surface area contributed by atoms with Gasteiger partial charge in [0.1, 0.15) is 6.61 Å². The highest BCUT2D eigenvalue weighted by Crippen LogP contribution is 2.11. The molecule has 0 aromatic heterocycles. The first-order valence-corrected chi connectivity index (χ1v) is 7.78. The lowest BCUT2D eigenvalue weighted by Crippen LogP contribution is -2.18. The van der Waals surface area contributed by atoms with E-state index in [0.29, 0.717) is 6.61 Å². The van der Waals surface area contributed by atoms with Gasteiger partial charge in [-0.25, -0.2) is 0 Å². The zero-order valence-electron chi connectivity index (χ0n) is 13.0. The number of benzene rings is 2. The smallest absolute Gasteiger partial charge is 0.250 e. The van der Waals surface area contributed by atoms with Crippen molar-refractivity contribution < 1.29 is 9.53 Å². The van der Waals surface area contributed by atoms with Gasteiger partial charge in [-0.3, -0.25) is 4.79 Å². The number of nitrogens with one attached hydrogen (secondary N) is 1. The Labute approximate surface area is 132 Å². The Kier molecular flexibility index (Phi) is 6.65. The van der Waals surface area contributed by atoms with E-state index in [1.54, 1.807) is 0 Å². The Morgan fingerprint density at radius 2 is 1.73 bits per heavy atom. The van der Waals surface area contributed by atoms with Crippen LogP contribution in [0.15, 0.2) is 54.6 Å². The normalized spacial score (nSPS) is 10.4. The first-order valence-electron chi connectivity index (χ1n) is 7.78. The molecule has 1 N–H and O–H groups in total. The quantitative estimate of drug-likeness (QED) is 0.793. The van der Waals surface area contributed by atoms with E-state index in [4.69, 9.17) is 4.74 Å². The number of hydrogen-bond acceptors (Lipinski definition) is 2. The molecule has 0 fully saturated rings. The standard InChI is InChI=1S/C19H23NO2/c1-2-3-7-16-10-12-18(13-11-16)20-19(21)15-22-14-17-8-5-4-6-9-17/h4-6,8-13H,2-3,7,14-15H2,1H3,(H,20,21). The number of rotatable bonds is 8. The third-order valence-electron chi connectivity index (χ3n) is 3.40. The van der Waals surface area contributed by atoms with Crippen LogP contribution in [0.25, 0.3) is 0 Å². The monoisotopic (exact) mass is 297 g/mol. The van der Waals surface area contributed by atoms with Crippen molar-refractivity contribution in [3.8, 4) is 0 Å². The summed E-state index contributed by atoms with van der Waals surface area (Å²) in [7, 11) is 0. The van der Waals surface area contributed by atoms with Crippen LogP contribution in [0.5, 0.6) is 0 Å². The number of anilines is 1. The van der Waals surface area contributed by atoms with Gasteiger partial charge in [-0.1, -0.05) is 55.8 Å². The zero-order chi connectivity index (χ0) is 15.6. The number of ether oxygens (including phenoxy) is 1. The van der Waals surface area contributed by atoms with Crippen LogP contribution in [0.3, 0.4) is 0 Å². The topological polar surface area (TPSA) is 38.3 Å². The number of hydrogen-bond donors (Lipinski definition) is 1. The fourth-order valence-corrected chi connectivity index (χ4v) is 2.17. The molecule has 0 radical (unpaired) electrons. The molecule has 0 bridgehead atoms. The number of amides is 1. The molecule has 0 aliphatic heterocycles. The number of carbonyl (C=O) groups is 1. The predicted molar refractivity (Wildman–Crippen MR) is 89.8 cm³/mol. The summed E-state index contributed by atoms with van der Waals surface area (Å²) < 4.78 is 5.42. The van der Waals surface area contributed by atoms with Gasteiger partial charge in [-0.2, -0.15) is 0 Å². The summed E-state index contributed by atoms with van der Waals surface area (Å²) in [5.41, 5.74) is 3.18. The lowest BCUT2D eigenvalue weighted by molar-refractivity contribution is -0.121. The highest BCUT2D eigenvalue weighted by atomic mass is 16.5. The molecule has 0 saturated heterocycles.